The number of hydrogen-bond acceptors (Lipinski definition) is 2. The standard InChI is InChI=1S/C25H45NO/c1-10-17-23(6,7)24(8,19-26)18-22(4,5)20-13-15-21(16-14-20)27-25(9,11-2)12-3/h13-16H,10-12,17-19,26H2,1-9H3. The van der Waals surface area contributed by atoms with E-state index in [-0.39, 0.29) is 21.8 Å². The first-order chi connectivity index (χ1) is 12.4. The van der Waals surface area contributed by atoms with Crippen LogP contribution in [0.25, 0.3) is 0 Å². The average Bonchev–Trinajstić information content (AvgIpc) is 2.61. The van der Waals surface area contributed by atoms with Gasteiger partial charge >= 0.3 is 0 Å². The number of rotatable bonds is 11. The molecular weight excluding hydrogens is 330 g/mol. The fourth-order valence-corrected chi connectivity index (χ4v) is 4.25. The minimum absolute atomic E-state index is 0.0659. The van der Waals surface area contributed by atoms with E-state index in [4.69, 9.17) is 10.5 Å². The first kappa shape index (κ1) is 24.0. The Morgan fingerprint density at radius 1 is 0.852 bits per heavy atom. The monoisotopic (exact) mass is 375 g/mol. The Labute approximate surface area is 169 Å². The summed E-state index contributed by atoms with van der Waals surface area (Å²) >= 11 is 0. The SMILES string of the molecule is CCCC(C)(C)C(C)(CN)CC(C)(C)c1ccc(OC(C)(CC)CC)cc1. The maximum absolute atomic E-state index is 6.31. The van der Waals surface area contributed by atoms with E-state index in [2.05, 4.69) is 86.6 Å². The van der Waals surface area contributed by atoms with E-state index in [0.717, 1.165) is 31.6 Å². The molecule has 0 aromatic heterocycles. The molecule has 0 fully saturated rings. The summed E-state index contributed by atoms with van der Waals surface area (Å²) in [7, 11) is 0. The lowest BCUT2D eigenvalue weighted by atomic mass is 9.57. The molecule has 0 saturated carbocycles. The van der Waals surface area contributed by atoms with Crippen LogP contribution in [0.1, 0.15) is 100.0 Å². The second kappa shape index (κ2) is 8.99. The van der Waals surface area contributed by atoms with Crippen LogP contribution in [0, 0.1) is 10.8 Å². The van der Waals surface area contributed by atoms with Crippen LogP contribution in [-0.2, 0) is 5.41 Å². The van der Waals surface area contributed by atoms with Crippen molar-refractivity contribution in [2.75, 3.05) is 6.54 Å². The average molecular weight is 376 g/mol. The van der Waals surface area contributed by atoms with Gasteiger partial charge in [-0.3, -0.25) is 0 Å². The Kier molecular flexibility index (Phi) is 7.99. The zero-order valence-electron chi connectivity index (χ0n) is 19.5. The van der Waals surface area contributed by atoms with Crippen LogP contribution in [-0.4, -0.2) is 12.1 Å². The molecule has 1 rings (SSSR count). The molecule has 0 aliphatic heterocycles. The molecular formula is C25H45NO. The van der Waals surface area contributed by atoms with Crippen LogP contribution in [0.15, 0.2) is 24.3 Å². The van der Waals surface area contributed by atoms with Gasteiger partial charge in [0, 0.05) is 0 Å². The van der Waals surface area contributed by atoms with E-state index in [1.807, 2.05) is 0 Å². The van der Waals surface area contributed by atoms with Crippen molar-refractivity contribution < 1.29 is 4.74 Å². The van der Waals surface area contributed by atoms with Gasteiger partial charge < -0.3 is 10.5 Å². The molecule has 1 aromatic rings. The molecule has 1 unspecified atom stereocenters. The van der Waals surface area contributed by atoms with Gasteiger partial charge in [0.2, 0.25) is 0 Å². The summed E-state index contributed by atoms with van der Waals surface area (Å²) in [5, 5.41) is 0. The van der Waals surface area contributed by atoms with Crippen LogP contribution in [0.4, 0.5) is 0 Å². The molecule has 0 heterocycles. The third-order valence-electron chi connectivity index (χ3n) is 7.29. The predicted molar refractivity (Wildman–Crippen MR) is 120 cm³/mol. The van der Waals surface area contributed by atoms with Gasteiger partial charge in [-0.05, 0) is 73.1 Å². The topological polar surface area (TPSA) is 35.2 Å². The van der Waals surface area contributed by atoms with Crippen LogP contribution < -0.4 is 10.5 Å². The Morgan fingerprint density at radius 3 is 1.78 bits per heavy atom. The lowest BCUT2D eigenvalue weighted by Gasteiger charge is -2.48. The van der Waals surface area contributed by atoms with E-state index in [0.29, 0.717) is 0 Å². The minimum atomic E-state index is -0.0840. The fourth-order valence-electron chi connectivity index (χ4n) is 4.25. The van der Waals surface area contributed by atoms with Crippen molar-refractivity contribution in [1.82, 2.24) is 0 Å². The maximum Gasteiger partial charge on any atom is 0.120 e. The van der Waals surface area contributed by atoms with Gasteiger partial charge in [0.15, 0.2) is 0 Å². The van der Waals surface area contributed by atoms with Crippen molar-refractivity contribution in [2.24, 2.45) is 16.6 Å². The first-order valence-electron chi connectivity index (χ1n) is 10.9. The number of nitrogens with two attached hydrogens (primary N) is 1. The Morgan fingerprint density at radius 2 is 1.37 bits per heavy atom. The van der Waals surface area contributed by atoms with Crippen LogP contribution >= 0.6 is 0 Å². The van der Waals surface area contributed by atoms with E-state index in [1.54, 1.807) is 0 Å². The number of hydrogen-bond donors (Lipinski definition) is 1. The quantitative estimate of drug-likeness (QED) is 0.447. The fraction of sp³-hybridized carbons (Fsp3) is 0.760. The van der Waals surface area contributed by atoms with Gasteiger partial charge in [-0.15, -0.1) is 0 Å². The second-order valence-corrected chi connectivity index (χ2v) is 10.2. The summed E-state index contributed by atoms with van der Waals surface area (Å²) in [5.41, 5.74) is 7.98. The van der Waals surface area contributed by atoms with Gasteiger partial charge in [0.25, 0.3) is 0 Å². The highest BCUT2D eigenvalue weighted by Crippen LogP contribution is 2.49. The smallest absolute Gasteiger partial charge is 0.120 e. The first-order valence-corrected chi connectivity index (χ1v) is 10.9. The molecule has 156 valence electrons. The minimum Gasteiger partial charge on any atom is -0.488 e. The normalized spacial score (nSPS) is 15.5. The second-order valence-electron chi connectivity index (χ2n) is 10.2. The molecule has 27 heavy (non-hydrogen) atoms. The van der Waals surface area contributed by atoms with E-state index in [1.165, 1.54) is 18.4 Å². The van der Waals surface area contributed by atoms with Crippen LogP contribution in [0.3, 0.4) is 0 Å². The Hall–Kier alpha value is -1.02. The third kappa shape index (κ3) is 5.73. The molecule has 1 atom stereocenters. The van der Waals surface area contributed by atoms with Crippen molar-refractivity contribution in [3.05, 3.63) is 29.8 Å². The van der Waals surface area contributed by atoms with Gasteiger partial charge in [-0.2, -0.15) is 0 Å². The van der Waals surface area contributed by atoms with E-state index < -0.39 is 0 Å². The largest absolute Gasteiger partial charge is 0.488 e. The van der Waals surface area contributed by atoms with E-state index in [9.17, 15) is 0 Å². The molecule has 0 radical (unpaired) electrons. The molecule has 2 nitrogen and oxygen atoms in total. The molecule has 0 saturated heterocycles. The summed E-state index contributed by atoms with van der Waals surface area (Å²) in [4.78, 5) is 0. The third-order valence-corrected chi connectivity index (χ3v) is 7.29. The molecule has 1 aromatic carbocycles. The predicted octanol–water partition coefficient (Wildman–Crippen LogP) is 7.10. The zero-order chi connectivity index (χ0) is 20.9. The summed E-state index contributed by atoms with van der Waals surface area (Å²) < 4.78 is 6.26. The molecule has 0 bridgehead atoms. The van der Waals surface area contributed by atoms with Crippen molar-refractivity contribution in [2.45, 2.75) is 105 Å². The van der Waals surface area contributed by atoms with Crippen molar-refractivity contribution in [1.29, 1.82) is 0 Å². The Balaban J connectivity index is 3.03. The number of ether oxygens (including phenoxy) is 1. The van der Waals surface area contributed by atoms with Crippen molar-refractivity contribution >= 4 is 0 Å². The summed E-state index contributed by atoms with van der Waals surface area (Å²) in [6.07, 6.45) is 5.50. The highest BCUT2D eigenvalue weighted by atomic mass is 16.5. The maximum atomic E-state index is 6.31. The zero-order valence-corrected chi connectivity index (χ0v) is 19.5. The summed E-state index contributed by atoms with van der Waals surface area (Å²) in [5.74, 6) is 0.966. The van der Waals surface area contributed by atoms with Gasteiger partial charge in [0.1, 0.15) is 11.4 Å². The van der Waals surface area contributed by atoms with E-state index >= 15 is 0 Å². The molecule has 0 spiro atoms. The lowest BCUT2D eigenvalue weighted by Crippen LogP contribution is -2.45. The summed E-state index contributed by atoms with van der Waals surface area (Å²) in [6.45, 7) is 21.4. The lowest BCUT2D eigenvalue weighted by molar-refractivity contribution is 0.0536. The van der Waals surface area contributed by atoms with Gasteiger partial charge in [-0.1, -0.05) is 73.9 Å². The Bertz CT molecular complexity index is 568. The molecule has 0 aliphatic carbocycles. The number of benzene rings is 1. The van der Waals surface area contributed by atoms with Gasteiger partial charge in [-0.25, -0.2) is 0 Å². The summed E-state index contributed by atoms with van der Waals surface area (Å²) in [6, 6.07) is 8.75. The highest BCUT2D eigenvalue weighted by Gasteiger charge is 2.43. The highest BCUT2D eigenvalue weighted by molar-refractivity contribution is 5.32. The molecule has 2 N–H and O–H groups in total. The van der Waals surface area contributed by atoms with Crippen LogP contribution in [0.5, 0.6) is 5.75 Å². The van der Waals surface area contributed by atoms with Gasteiger partial charge in [0.05, 0.1) is 0 Å². The van der Waals surface area contributed by atoms with Crippen molar-refractivity contribution in [3.8, 4) is 5.75 Å². The van der Waals surface area contributed by atoms with Crippen molar-refractivity contribution in [3.63, 3.8) is 0 Å². The molecule has 2 heteroatoms. The molecule has 0 aliphatic rings. The molecule has 0 amide bonds. The van der Waals surface area contributed by atoms with Crippen LogP contribution in [0.2, 0.25) is 0 Å².